The van der Waals surface area contributed by atoms with Gasteiger partial charge >= 0.3 is 12.3 Å². The smallest absolute Gasteiger partial charge is 0.411 e. The van der Waals surface area contributed by atoms with E-state index in [0.29, 0.717) is 0 Å². The lowest BCUT2D eigenvalue weighted by atomic mass is 10.6. The Labute approximate surface area is 63.7 Å². The molecule has 0 aromatic carbocycles. The van der Waals surface area contributed by atoms with Crippen LogP contribution in [0.1, 0.15) is 0 Å². The first-order valence-electron chi connectivity index (χ1n) is 2.48. The van der Waals surface area contributed by atoms with Crippen LogP contribution in [0, 0.1) is 0 Å². The molecule has 0 heterocycles. The minimum absolute atomic E-state index is 0.131. The molecule has 0 bridgehead atoms. The number of ether oxygens (including phenoxy) is 1. The SMILES string of the molecule is CON=COC(F)(F)C(F)(F)F. The molecule has 0 aliphatic heterocycles. The number of rotatable bonds is 3. The summed E-state index contributed by atoms with van der Waals surface area (Å²) in [4.78, 5) is 3.79. The van der Waals surface area contributed by atoms with Gasteiger partial charge < -0.3 is 9.57 Å². The van der Waals surface area contributed by atoms with Crippen LogP contribution in [-0.4, -0.2) is 25.8 Å². The Balaban J connectivity index is 4.14. The van der Waals surface area contributed by atoms with Gasteiger partial charge in [0.25, 0.3) is 0 Å². The van der Waals surface area contributed by atoms with Crippen molar-refractivity contribution < 1.29 is 31.5 Å². The van der Waals surface area contributed by atoms with Crippen molar-refractivity contribution in [3.05, 3.63) is 0 Å². The first kappa shape index (κ1) is 10.9. The van der Waals surface area contributed by atoms with Crippen molar-refractivity contribution >= 4 is 6.40 Å². The van der Waals surface area contributed by atoms with Crippen LogP contribution in [0.2, 0.25) is 0 Å². The lowest BCUT2D eigenvalue weighted by molar-refractivity contribution is -0.364. The first-order chi connectivity index (χ1) is 5.31. The van der Waals surface area contributed by atoms with Gasteiger partial charge in [-0.3, -0.25) is 0 Å². The molecule has 72 valence electrons. The molecule has 0 saturated heterocycles. The van der Waals surface area contributed by atoms with E-state index >= 15 is 0 Å². The largest absolute Gasteiger partial charge is 0.499 e. The summed E-state index contributed by atoms with van der Waals surface area (Å²) in [5.41, 5.74) is 0. The number of alkyl halides is 5. The fraction of sp³-hybridized carbons (Fsp3) is 0.750. The lowest BCUT2D eigenvalue weighted by Crippen LogP contribution is -2.38. The van der Waals surface area contributed by atoms with E-state index in [1.165, 1.54) is 0 Å². The summed E-state index contributed by atoms with van der Waals surface area (Å²) in [6.45, 7) is 0. The minimum atomic E-state index is -5.76. The minimum Gasteiger partial charge on any atom is -0.411 e. The molecule has 0 radical (unpaired) electrons. The van der Waals surface area contributed by atoms with E-state index in [2.05, 4.69) is 14.7 Å². The molecular weight excluding hydrogens is 189 g/mol. The first-order valence-corrected chi connectivity index (χ1v) is 2.48. The zero-order valence-electron chi connectivity index (χ0n) is 5.73. The van der Waals surface area contributed by atoms with Gasteiger partial charge in [-0.2, -0.15) is 22.0 Å². The van der Waals surface area contributed by atoms with Crippen LogP contribution in [0.5, 0.6) is 0 Å². The van der Waals surface area contributed by atoms with E-state index in [0.717, 1.165) is 7.11 Å². The molecule has 0 amide bonds. The predicted molar refractivity (Wildman–Crippen MR) is 27.6 cm³/mol. The topological polar surface area (TPSA) is 30.8 Å². The molecule has 0 rings (SSSR count). The van der Waals surface area contributed by atoms with E-state index in [4.69, 9.17) is 0 Å². The highest BCUT2D eigenvalue weighted by atomic mass is 19.4. The lowest BCUT2D eigenvalue weighted by Gasteiger charge is -2.16. The molecule has 0 aliphatic carbocycles. The third-order valence-corrected chi connectivity index (χ3v) is 0.679. The highest BCUT2D eigenvalue weighted by molar-refractivity contribution is 5.45. The fourth-order valence-corrected chi connectivity index (χ4v) is 0.198. The monoisotopic (exact) mass is 193 g/mol. The van der Waals surface area contributed by atoms with Crippen molar-refractivity contribution in [1.82, 2.24) is 0 Å². The average Bonchev–Trinajstić information content (AvgIpc) is 1.85. The van der Waals surface area contributed by atoms with Crippen molar-refractivity contribution in [2.45, 2.75) is 12.3 Å². The zero-order chi connectivity index (χ0) is 9.83. The Morgan fingerprint density at radius 1 is 1.17 bits per heavy atom. The van der Waals surface area contributed by atoms with Gasteiger partial charge in [0.2, 0.25) is 6.40 Å². The summed E-state index contributed by atoms with van der Waals surface area (Å²) < 4.78 is 60.3. The Kier molecular flexibility index (Phi) is 3.23. The molecule has 12 heavy (non-hydrogen) atoms. The van der Waals surface area contributed by atoms with Crippen LogP contribution in [-0.2, 0) is 9.57 Å². The number of oxime groups is 1. The van der Waals surface area contributed by atoms with Crippen molar-refractivity contribution in [2.24, 2.45) is 5.16 Å². The molecule has 0 spiro atoms. The number of nitrogens with zero attached hydrogens (tertiary/aromatic N) is 1. The molecule has 0 aliphatic rings. The van der Waals surface area contributed by atoms with Gasteiger partial charge in [-0.05, 0) is 0 Å². The third-order valence-electron chi connectivity index (χ3n) is 0.679. The summed E-state index contributed by atoms with van der Waals surface area (Å²) in [6.07, 6.45) is -11.1. The number of hydrogen-bond acceptors (Lipinski definition) is 3. The highest BCUT2D eigenvalue weighted by Crippen LogP contribution is 2.35. The molecule has 3 nitrogen and oxygen atoms in total. The van der Waals surface area contributed by atoms with Crippen LogP contribution < -0.4 is 0 Å². The van der Waals surface area contributed by atoms with Crippen LogP contribution >= 0.6 is 0 Å². The third kappa shape index (κ3) is 2.89. The molecule has 0 aromatic heterocycles. The molecule has 0 N–H and O–H groups in total. The van der Waals surface area contributed by atoms with Gasteiger partial charge in [-0.15, -0.1) is 0 Å². The van der Waals surface area contributed by atoms with Crippen LogP contribution in [0.4, 0.5) is 22.0 Å². The Hall–Kier alpha value is -1.08. The van der Waals surface area contributed by atoms with Gasteiger partial charge in [-0.25, -0.2) is 0 Å². The second-order valence-electron chi connectivity index (χ2n) is 1.53. The maximum atomic E-state index is 11.8. The standard InChI is InChI=1S/C4H4F5NO2/c1-11-10-2-12-4(8,9)3(5,6)7/h2H,1H3. The highest BCUT2D eigenvalue weighted by Gasteiger charge is 2.60. The van der Waals surface area contributed by atoms with Crippen molar-refractivity contribution in [3.63, 3.8) is 0 Å². The van der Waals surface area contributed by atoms with E-state index in [1.54, 1.807) is 0 Å². The quantitative estimate of drug-likeness (QED) is 0.296. The van der Waals surface area contributed by atoms with E-state index in [-0.39, 0.29) is 6.40 Å². The van der Waals surface area contributed by atoms with Gasteiger partial charge in [0, 0.05) is 0 Å². The average molecular weight is 193 g/mol. The molecule has 0 fully saturated rings. The van der Waals surface area contributed by atoms with Gasteiger partial charge in [0.1, 0.15) is 7.11 Å². The van der Waals surface area contributed by atoms with Crippen LogP contribution in [0.3, 0.4) is 0 Å². The normalized spacial score (nSPS) is 13.5. The molecule has 0 unspecified atom stereocenters. The maximum absolute atomic E-state index is 11.8. The molecular formula is C4H4F5NO2. The van der Waals surface area contributed by atoms with Crippen molar-refractivity contribution in [3.8, 4) is 0 Å². The summed E-state index contributed by atoms with van der Waals surface area (Å²) in [7, 11) is 0.964. The van der Waals surface area contributed by atoms with E-state index in [1.807, 2.05) is 0 Å². The maximum Gasteiger partial charge on any atom is 0.499 e. The molecule has 0 atom stereocenters. The number of hydrogen-bond donors (Lipinski definition) is 0. The van der Waals surface area contributed by atoms with Gasteiger partial charge in [0.15, 0.2) is 0 Å². The second kappa shape index (κ2) is 3.55. The second-order valence-corrected chi connectivity index (χ2v) is 1.53. The van der Waals surface area contributed by atoms with Crippen LogP contribution in [0.25, 0.3) is 0 Å². The predicted octanol–water partition coefficient (Wildman–Crippen LogP) is 1.75. The van der Waals surface area contributed by atoms with Crippen LogP contribution in [0.15, 0.2) is 5.16 Å². The summed E-state index contributed by atoms with van der Waals surface area (Å²) in [6, 6.07) is 0. The van der Waals surface area contributed by atoms with Gasteiger partial charge in [0.05, 0.1) is 0 Å². The molecule has 8 heteroatoms. The van der Waals surface area contributed by atoms with E-state index in [9.17, 15) is 22.0 Å². The number of halogens is 5. The molecule has 0 saturated carbocycles. The Morgan fingerprint density at radius 3 is 2.00 bits per heavy atom. The molecule has 0 aromatic rings. The Morgan fingerprint density at radius 2 is 1.67 bits per heavy atom. The van der Waals surface area contributed by atoms with E-state index < -0.39 is 12.3 Å². The van der Waals surface area contributed by atoms with Crippen molar-refractivity contribution in [1.29, 1.82) is 0 Å². The van der Waals surface area contributed by atoms with Gasteiger partial charge in [-0.1, -0.05) is 5.16 Å². The summed E-state index contributed by atoms with van der Waals surface area (Å²) >= 11 is 0. The zero-order valence-corrected chi connectivity index (χ0v) is 5.73. The fourth-order valence-electron chi connectivity index (χ4n) is 0.198. The summed E-state index contributed by atoms with van der Waals surface area (Å²) in [5.74, 6) is 0. The van der Waals surface area contributed by atoms with Crippen molar-refractivity contribution in [2.75, 3.05) is 7.11 Å². The Bertz CT molecular complexity index is 165. The summed E-state index contributed by atoms with van der Waals surface area (Å²) in [5, 5.41) is 2.54.